The first-order chi connectivity index (χ1) is 8.31. The number of pyridine rings is 1. The van der Waals surface area contributed by atoms with E-state index in [0.717, 1.165) is 6.42 Å². The number of aryl methyl sites for hydroxylation is 1. The Morgan fingerprint density at radius 1 is 1.18 bits per heavy atom. The van der Waals surface area contributed by atoms with Crippen molar-refractivity contribution in [3.8, 4) is 0 Å². The van der Waals surface area contributed by atoms with Gasteiger partial charge in [0.05, 0.1) is 0 Å². The second-order valence-corrected chi connectivity index (χ2v) is 4.26. The molecule has 0 saturated carbocycles. The van der Waals surface area contributed by atoms with Gasteiger partial charge >= 0.3 is 0 Å². The Balaban J connectivity index is 2.19. The fourth-order valence-corrected chi connectivity index (χ4v) is 2.03. The van der Waals surface area contributed by atoms with Gasteiger partial charge < -0.3 is 5.32 Å². The molecule has 0 spiro atoms. The predicted octanol–water partition coefficient (Wildman–Crippen LogP) is 2.89. The number of benzene rings is 1. The molecule has 0 fully saturated rings. The Morgan fingerprint density at radius 2 is 2.00 bits per heavy atom. The van der Waals surface area contributed by atoms with Crippen LogP contribution in [-0.4, -0.2) is 12.0 Å². The molecule has 1 aromatic heterocycles. The van der Waals surface area contributed by atoms with Crippen molar-refractivity contribution in [2.45, 2.75) is 19.4 Å². The van der Waals surface area contributed by atoms with Gasteiger partial charge in [-0.1, -0.05) is 30.3 Å². The maximum atomic E-state index is 4.18. The predicted molar refractivity (Wildman–Crippen MR) is 70.9 cm³/mol. The van der Waals surface area contributed by atoms with Gasteiger partial charge in [0.15, 0.2) is 0 Å². The topological polar surface area (TPSA) is 24.9 Å². The molecule has 1 unspecified atom stereocenters. The van der Waals surface area contributed by atoms with Crippen molar-refractivity contribution >= 4 is 0 Å². The molecule has 2 aromatic rings. The first kappa shape index (κ1) is 11.8. The highest BCUT2D eigenvalue weighted by Crippen LogP contribution is 2.19. The van der Waals surface area contributed by atoms with E-state index < -0.39 is 0 Å². The Bertz CT molecular complexity index is 465. The van der Waals surface area contributed by atoms with Gasteiger partial charge in [-0.2, -0.15) is 0 Å². The average Bonchev–Trinajstić information content (AvgIpc) is 2.39. The summed E-state index contributed by atoms with van der Waals surface area (Å²) < 4.78 is 0. The molecule has 0 aliphatic heterocycles. The van der Waals surface area contributed by atoms with Crippen LogP contribution >= 0.6 is 0 Å². The third-order valence-corrected chi connectivity index (χ3v) is 3.12. The van der Waals surface area contributed by atoms with Crippen LogP contribution in [0.5, 0.6) is 0 Å². The van der Waals surface area contributed by atoms with Gasteiger partial charge in [0, 0.05) is 18.4 Å². The molecule has 1 N–H and O–H groups in total. The van der Waals surface area contributed by atoms with E-state index in [1.807, 2.05) is 25.5 Å². The number of nitrogens with one attached hydrogen (secondary N) is 1. The zero-order valence-electron chi connectivity index (χ0n) is 10.4. The van der Waals surface area contributed by atoms with Crippen LogP contribution in [0.15, 0.2) is 48.8 Å². The smallest absolute Gasteiger partial charge is 0.0373 e. The van der Waals surface area contributed by atoms with Crippen LogP contribution in [0, 0.1) is 6.92 Å². The van der Waals surface area contributed by atoms with Gasteiger partial charge in [-0.25, -0.2) is 0 Å². The van der Waals surface area contributed by atoms with Crippen molar-refractivity contribution in [3.63, 3.8) is 0 Å². The molecule has 0 radical (unpaired) electrons. The van der Waals surface area contributed by atoms with Crippen molar-refractivity contribution in [3.05, 3.63) is 65.5 Å². The monoisotopic (exact) mass is 226 g/mol. The number of hydrogen-bond acceptors (Lipinski definition) is 2. The molecule has 1 atom stereocenters. The second kappa shape index (κ2) is 5.60. The molecule has 88 valence electrons. The summed E-state index contributed by atoms with van der Waals surface area (Å²) in [4.78, 5) is 4.18. The Labute approximate surface area is 103 Å². The summed E-state index contributed by atoms with van der Waals surface area (Å²) in [5.41, 5.74) is 3.96. The van der Waals surface area contributed by atoms with Gasteiger partial charge in [0.2, 0.25) is 0 Å². The van der Waals surface area contributed by atoms with E-state index in [2.05, 4.69) is 47.6 Å². The van der Waals surface area contributed by atoms with Crippen molar-refractivity contribution in [1.29, 1.82) is 0 Å². The summed E-state index contributed by atoms with van der Waals surface area (Å²) >= 11 is 0. The minimum atomic E-state index is 0.324. The van der Waals surface area contributed by atoms with Crippen LogP contribution in [0.1, 0.15) is 22.7 Å². The highest BCUT2D eigenvalue weighted by atomic mass is 14.9. The van der Waals surface area contributed by atoms with Gasteiger partial charge in [-0.15, -0.1) is 0 Å². The molecular weight excluding hydrogens is 208 g/mol. The normalized spacial score (nSPS) is 12.4. The molecule has 1 heterocycles. The number of hydrogen-bond donors (Lipinski definition) is 1. The minimum Gasteiger partial charge on any atom is -0.313 e. The lowest BCUT2D eigenvalue weighted by molar-refractivity contribution is 0.588. The molecule has 2 nitrogen and oxygen atoms in total. The van der Waals surface area contributed by atoms with E-state index in [1.54, 1.807) is 0 Å². The summed E-state index contributed by atoms with van der Waals surface area (Å²) in [6, 6.07) is 12.9. The Kier molecular flexibility index (Phi) is 3.89. The molecule has 2 heteroatoms. The largest absolute Gasteiger partial charge is 0.313 e. The SMILES string of the molecule is CNC(Cc1ccccc1C)c1cccnc1. The van der Waals surface area contributed by atoms with Crippen LogP contribution in [-0.2, 0) is 6.42 Å². The van der Waals surface area contributed by atoms with Crippen LogP contribution < -0.4 is 5.32 Å². The molecule has 0 aliphatic rings. The van der Waals surface area contributed by atoms with E-state index >= 15 is 0 Å². The van der Waals surface area contributed by atoms with Gasteiger partial charge in [0.1, 0.15) is 0 Å². The lowest BCUT2D eigenvalue weighted by atomic mass is 9.97. The maximum absolute atomic E-state index is 4.18. The molecule has 17 heavy (non-hydrogen) atoms. The summed E-state index contributed by atoms with van der Waals surface area (Å²) in [5.74, 6) is 0. The number of aromatic nitrogens is 1. The summed E-state index contributed by atoms with van der Waals surface area (Å²) in [7, 11) is 2.00. The molecular formula is C15H18N2. The van der Waals surface area contributed by atoms with Crippen LogP contribution in [0.3, 0.4) is 0 Å². The maximum Gasteiger partial charge on any atom is 0.0373 e. The Morgan fingerprint density at radius 3 is 2.65 bits per heavy atom. The van der Waals surface area contributed by atoms with E-state index in [4.69, 9.17) is 0 Å². The lowest BCUT2D eigenvalue weighted by Crippen LogP contribution is -2.19. The first-order valence-corrected chi connectivity index (χ1v) is 5.93. The highest BCUT2D eigenvalue weighted by molar-refractivity contribution is 5.28. The third-order valence-electron chi connectivity index (χ3n) is 3.12. The quantitative estimate of drug-likeness (QED) is 0.867. The second-order valence-electron chi connectivity index (χ2n) is 4.26. The van der Waals surface area contributed by atoms with Crippen molar-refractivity contribution in [2.75, 3.05) is 7.05 Å². The minimum absolute atomic E-state index is 0.324. The van der Waals surface area contributed by atoms with E-state index in [9.17, 15) is 0 Å². The van der Waals surface area contributed by atoms with Crippen LogP contribution in [0.25, 0.3) is 0 Å². The van der Waals surface area contributed by atoms with E-state index in [0.29, 0.717) is 6.04 Å². The van der Waals surface area contributed by atoms with E-state index in [1.165, 1.54) is 16.7 Å². The van der Waals surface area contributed by atoms with E-state index in [-0.39, 0.29) is 0 Å². The molecule has 0 bridgehead atoms. The molecule has 0 saturated heterocycles. The van der Waals surface area contributed by atoms with Gasteiger partial charge in [-0.3, -0.25) is 4.98 Å². The van der Waals surface area contributed by atoms with Gasteiger partial charge in [0.25, 0.3) is 0 Å². The Hall–Kier alpha value is -1.67. The third kappa shape index (κ3) is 2.92. The van der Waals surface area contributed by atoms with Crippen LogP contribution in [0.2, 0.25) is 0 Å². The van der Waals surface area contributed by atoms with Crippen molar-refractivity contribution in [2.24, 2.45) is 0 Å². The summed E-state index contributed by atoms with van der Waals surface area (Å²) in [6.45, 7) is 2.16. The first-order valence-electron chi connectivity index (χ1n) is 5.93. The summed E-state index contributed by atoms with van der Waals surface area (Å²) in [6.07, 6.45) is 4.73. The molecule has 2 rings (SSSR count). The zero-order chi connectivity index (χ0) is 12.1. The van der Waals surface area contributed by atoms with Crippen molar-refractivity contribution in [1.82, 2.24) is 10.3 Å². The zero-order valence-corrected chi connectivity index (χ0v) is 10.4. The summed E-state index contributed by atoms with van der Waals surface area (Å²) in [5, 5.41) is 3.35. The van der Waals surface area contributed by atoms with Crippen LogP contribution in [0.4, 0.5) is 0 Å². The van der Waals surface area contributed by atoms with Gasteiger partial charge in [-0.05, 0) is 43.1 Å². The highest BCUT2D eigenvalue weighted by Gasteiger charge is 2.10. The lowest BCUT2D eigenvalue weighted by Gasteiger charge is -2.17. The number of rotatable bonds is 4. The number of likely N-dealkylation sites (N-methyl/N-ethyl adjacent to an activating group) is 1. The fourth-order valence-electron chi connectivity index (χ4n) is 2.03. The molecule has 1 aromatic carbocycles. The van der Waals surface area contributed by atoms with Crippen molar-refractivity contribution < 1.29 is 0 Å². The average molecular weight is 226 g/mol. The molecule has 0 amide bonds. The number of nitrogens with zero attached hydrogens (tertiary/aromatic N) is 1. The standard InChI is InChI=1S/C15H18N2/c1-12-6-3-4-7-13(12)10-15(16-2)14-8-5-9-17-11-14/h3-9,11,15-16H,10H2,1-2H3. The fraction of sp³-hybridized carbons (Fsp3) is 0.267. The molecule has 0 aliphatic carbocycles.